The third kappa shape index (κ3) is 3.14. The van der Waals surface area contributed by atoms with Gasteiger partial charge in [0.2, 0.25) is 0 Å². The van der Waals surface area contributed by atoms with Gasteiger partial charge in [-0.25, -0.2) is 0 Å². The van der Waals surface area contributed by atoms with Crippen molar-refractivity contribution in [2.45, 2.75) is 27.2 Å². The molecule has 2 heterocycles. The Bertz CT molecular complexity index is 904. The molecule has 0 atom stereocenters. The molecule has 0 spiro atoms. The number of hydrogen-bond acceptors (Lipinski definition) is 5. The lowest BCUT2D eigenvalue weighted by Crippen LogP contribution is -2.29. The number of fused-ring (bicyclic) bond motifs is 3. The number of nitrogens with zero attached hydrogens (tertiary/aromatic N) is 1. The maximum absolute atomic E-state index is 12.8. The summed E-state index contributed by atoms with van der Waals surface area (Å²) in [6, 6.07) is 7.79. The molecule has 0 unspecified atom stereocenters. The van der Waals surface area contributed by atoms with Crippen molar-refractivity contribution in [3.05, 3.63) is 41.1 Å². The average molecular weight is 355 g/mol. The van der Waals surface area contributed by atoms with Crippen LogP contribution in [0.5, 0.6) is 0 Å². The van der Waals surface area contributed by atoms with Gasteiger partial charge in [0.25, 0.3) is 5.91 Å². The Morgan fingerprint density at radius 3 is 2.35 bits per heavy atom. The van der Waals surface area contributed by atoms with Crippen molar-refractivity contribution in [2.24, 2.45) is 5.92 Å². The minimum absolute atomic E-state index is 0.0362. The van der Waals surface area contributed by atoms with Crippen LogP contribution < -0.4 is 0 Å². The lowest BCUT2D eigenvalue weighted by molar-refractivity contribution is -0.161. The summed E-state index contributed by atoms with van der Waals surface area (Å²) in [5.74, 6) is -2.70. The number of aromatic nitrogens is 1. The zero-order valence-corrected chi connectivity index (χ0v) is 15.1. The summed E-state index contributed by atoms with van der Waals surface area (Å²) in [5, 5.41) is 0.982. The van der Waals surface area contributed by atoms with E-state index in [0.717, 1.165) is 22.2 Å². The van der Waals surface area contributed by atoms with Crippen molar-refractivity contribution in [3.8, 4) is 0 Å². The standard InChI is InChI=1S/C20H21NO5/c1-4-25-19(23)16(20(24)26-5-2)11-14-10-15-9-13-8-12(3)6-7-17(13)21(15)18(14)22/h6-10,16H,4-5,11H2,1-3H3. The third-order valence-electron chi connectivity index (χ3n) is 4.35. The lowest BCUT2D eigenvalue weighted by atomic mass is 9.99. The fraction of sp³-hybridized carbons (Fsp3) is 0.350. The van der Waals surface area contributed by atoms with Gasteiger partial charge in [0.05, 0.1) is 24.4 Å². The highest BCUT2D eigenvalue weighted by Crippen LogP contribution is 2.31. The summed E-state index contributed by atoms with van der Waals surface area (Å²) in [6.45, 7) is 5.64. The highest BCUT2D eigenvalue weighted by molar-refractivity contribution is 6.11. The van der Waals surface area contributed by atoms with E-state index in [-0.39, 0.29) is 25.5 Å². The first-order chi connectivity index (χ1) is 12.5. The fourth-order valence-electron chi connectivity index (χ4n) is 3.19. The minimum Gasteiger partial charge on any atom is -0.465 e. The summed E-state index contributed by atoms with van der Waals surface area (Å²) in [4.78, 5) is 37.1. The number of carbonyl (C=O) groups excluding carboxylic acids is 3. The average Bonchev–Trinajstić information content (AvgIpc) is 3.08. The van der Waals surface area contributed by atoms with Crippen molar-refractivity contribution in [2.75, 3.05) is 13.2 Å². The lowest BCUT2D eigenvalue weighted by Gasteiger charge is -2.14. The van der Waals surface area contributed by atoms with Crippen LogP contribution in [0.15, 0.2) is 29.8 Å². The molecule has 0 aliphatic carbocycles. The highest BCUT2D eigenvalue weighted by atomic mass is 16.6. The van der Waals surface area contributed by atoms with E-state index in [1.54, 1.807) is 24.5 Å². The Kier molecular flexibility index (Phi) is 4.93. The number of ether oxygens (including phenoxy) is 2. The number of carbonyl (C=O) groups is 3. The molecule has 1 aliphatic heterocycles. The largest absolute Gasteiger partial charge is 0.465 e. The van der Waals surface area contributed by atoms with Gasteiger partial charge in [0.1, 0.15) is 0 Å². The van der Waals surface area contributed by atoms with Gasteiger partial charge in [0.15, 0.2) is 5.92 Å². The first kappa shape index (κ1) is 17.9. The van der Waals surface area contributed by atoms with Crippen LogP contribution in [0.4, 0.5) is 0 Å². The molecule has 2 aromatic rings. The topological polar surface area (TPSA) is 74.6 Å². The van der Waals surface area contributed by atoms with E-state index in [2.05, 4.69) is 0 Å². The van der Waals surface area contributed by atoms with Crippen LogP contribution in [-0.2, 0) is 19.1 Å². The highest BCUT2D eigenvalue weighted by Gasteiger charge is 2.35. The van der Waals surface area contributed by atoms with E-state index in [1.165, 1.54) is 0 Å². The molecule has 1 aromatic heterocycles. The van der Waals surface area contributed by atoms with Gasteiger partial charge in [-0.2, -0.15) is 0 Å². The molecule has 6 heteroatoms. The first-order valence-electron chi connectivity index (χ1n) is 8.66. The molecule has 3 rings (SSSR count). The number of aryl methyl sites for hydroxylation is 1. The number of esters is 2. The molecule has 0 saturated heterocycles. The van der Waals surface area contributed by atoms with Crippen LogP contribution in [0, 0.1) is 12.8 Å². The molecular formula is C20H21NO5. The van der Waals surface area contributed by atoms with Crippen LogP contribution in [0.3, 0.4) is 0 Å². The summed E-state index contributed by atoms with van der Waals surface area (Å²) in [5.41, 5.74) is 3.07. The van der Waals surface area contributed by atoms with Crippen molar-refractivity contribution in [1.82, 2.24) is 4.57 Å². The molecule has 0 radical (unpaired) electrons. The fourth-order valence-corrected chi connectivity index (χ4v) is 3.19. The van der Waals surface area contributed by atoms with Crippen LogP contribution in [0.25, 0.3) is 17.0 Å². The van der Waals surface area contributed by atoms with Gasteiger partial charge in [-0.15, -0.1) is 0 Å². The zero-order valence-electron chi connectivity index (χ0n) is 15.1. The summed E-state index contributed by atoms with van der Waals surface area (Å²) in [6.07, 6.45) is 1.69. The zero-order chi connectivity index (χ0) is 18.8. The number of hydrogen-bond donors (Lipinski definition) is 0. The quantitative estimate of drug-likeness (QED) is 0.588. The predicted octanol–water partition coefficient (Wildman–Crippen LogP) is 3.12. The van der Waals surface area contributed by atoms with Gasteiger partial charge >= 0.3 is 11.9 Å². The molecule has 0 saturated carbocycles. The Hall–Kier alpha value is -2.89. The molecule has 0 fully saturated rings. The smallest absolute Gasteiger partial charge is 0.320 e. The predicted molar refractivity (Wildman–Crippen MR) is 96.7 cm³/mol. The number of benzene rings is 1. The maximum atomic E-state index is 12.8. The van der Waals surface area contributed by atoms with E-state index in [9.17, 15) is 14.4 Å². The van der Waals surface area contributed by atoms with Crippen molar-refractivity contribution >= 4 is 34.8 Å². The SMILES string of the molecule is CCOC(=O)C(CC1=Cc2cc3cc(C)ccc3n2C1=O)C(=O)OCC. The van der Waals surface area contributed by atoms with Gasteiger partial charge in [0, 0.05) is 17.4 Å². The van der Waals surface area contributed by atoms with Crippen molar-refractivity contribution in [1.29, 1.82) is 0 Å². The second kappa shape index (κ2) is 7.15. The van der Waals surface area contributed by atoms with Crippen molar-refractivity contribution < 1.29 is 23.9 Å². The minimum atomic E-state index is -1.14. The monoisotopic (exact) mass is 355 g/mol. The Morgan fingerprint density at radius 2 is 1.73 bits per heavy atom. The summed E-state index contributed by atoms with van der Waals surface area (Å²) in [7, 11) is 0. The molecule has 26 heavy (non-hydrogen) atoms. The van der Waals surface area contributed by atoms with E-state index in [1.807, 2.05) is 31.2 Å². The number of allylic oxidation sites excluding steroid dienone is 1. The third-order valence-corrected chi connectivity index (χ3v) is 4.35. The normalized spacial score (nSPS) is 13.1. The Labute approximate surface area is 151 Å². The van der Waals surface area contributed by atoms with E-state index in [4.69, 9.17) is 9.47 Å². The van der Waals surface area contributed by atoms with Crippen LogP contribution >= 0.6 is 0 Å². The van der Waals surface area contributed by atoms with Crippen LogP contribution in [0.1, 0.15) is 36.3 Å². The Morgan fingerprint density at radius 1 is 1.08 bits per heavy atom. The van der Waals surface area contributed by atoms with Gasteiger partial charge < -0.3 is 9.47 Å². The molecule has 0 amide bonds. The molecule has 1 aliphatic rings. The van der Waals surface area contributed by atoms with Crippen LogP contribution in [-0.4, -0.2) is 35.6 Å². The number of rotatable bonds is 6. The van der Waals surface area contributed by atoms with Crippen molar-refractivity contribution in [3.63, 3.8) is 0 Å². The maximum Gasteiger partial charge on any atom is 0.320 e. The summed E-state index contributed by atoms with van der Waals surface area (Å²) < 4.78 is 11.6. The van der Waals surface area contributed by atoms with Gasteiger partial charge in [-0.3, -0.25) is 19.0 Å². The first-order valence-corrected chi connectivity index (χ1v) is 8.66. The molecule has 1 aromatic carbocycles. The van der Waals surface area contributed by atoms with E-state index >= 15 is 0 Å². The molecule has 0 bridgehead atoms. The van der Waals surface area contributed by atoms with Gasteiger partial charge in [-0.1, -0.05) is 11.6 Å². The molecule has 136 valence electrons. The molecule has 0 N–H and O–H groups in total. The second-order valence-electron chi connectivity index (χ2n) is 6.20. The molecular weight excluding hydrogens is 334 g/mol. The van der Waals surface area contributed by atoms with E-state index in [0.29, 0.717) is 5.57 Å². The second-order valence-corrected chi connectivity index (χ2v) is 6.20. The molecule has 6 nitrogen and oxygen atoms in total. The van der Waals surface area contributed by atoms with Crippen LogP contribution in [0.2, 0.25) is 0 Å². The van der Waals surface area contributed by atoms with E-state index < -0.39 is 17.9 Å². The summed E-state index contributed by atoms with van der Waals surface area (Å²) >= 11 is 0. The Balaban J connectivity index is 1.90. The van der Waals surface area contributed by atoms with Gasteiger partial charge in [-0.05, 0) is 45.0 Å².